The Balaban J connectivity index is 2.47. The fourth-order valence-corrected chi connectivity index (χ4v) is 1.11. The first-order chi connectivity index (χ1) is 6.38. The molecule has 1 aromatic heterocycles. The lowest BCUT2D eigenvalue weighted by molar-refractivity contribution is 0.122. The van der Waals surface area contributed by atoms with Gasteiger partial charge in [-0.3, -0.25) is 0 Å². The topological polar surface area (TPSA) is 62.8 Å². The Morgan fingerprint density at radius 3 is 3.00 bits per heavy atom. The van der Waals surface area contributed by atoms with Gasteiger partial charge in [-0.15, -0.1) is 0 Å². The molecule has 2 N–H and O–H groups in total. The molecule has 0 radical (unpaired) electrons. The lowest BCUT2D eigenvalue weighted by Crippen LogP contribution is -2.25. The molecule has 0 aliphatic rings. The molecule has 13 heavy (non-hydrogen) atoms. The average molecular weight is 184 g/mol. The molecule has 0 saturated carbocycles. The van der Waals surface area contributed by atoms with Gasteiger partial charge in [-0.1, -0.05) is 6.92 Å². The van der Waals surface area contributed by atoms with Crippen LogP contribution in [0.3, 0.4) is 0 Å². The number of nitrogens with zero attached hydrogens (tertiary/aromatic N) is 2. The Kier molecular flexibility index (Phi) is 4.42. The van der Waals surface area contributed by atoms with Crippen LogP contribution in [0.25, 0.3) is 0 Å². The Labute approximate surface area is 77.9 Å². The number of nitrogens with one attached hydrogen (secondary N) is 2. The maximum Gasteiger partial charge on any atom is 0.102 e. The Morgan fingerprint density at radius 1 is 1.62 bits per heavy atom. The second kappa shape index (κ2) is 5.66. The van der Waals surface area contributed by atoms with Gasteiger partial charge in [0.15, 0.2) is 0 Å². The summed E-state index contributed by atoms with van der Waals surface area (Å²) in [4.78, 5) is 0. The minimum Gasteiger partial charge on any atom is -0.380 e. The summed E-state index contributed by atoms with van der Waals surface area (Å²) in [5.41, 5.74) is 0.898. The van der Waals surface area contributed by atoms with E-state index in [1.165, 1.54) is 0 Å². The molecule has 0 bridgehead atoms. The lowest BCUT2D eigenvalue weighted by atomic mass is 10.2. The zero-order valence-electron chi connectivity index (χ0n) is 8.08. The number of hydrogen-bond acceptors (Lipinski definition) is 4. The van der Waals surface area contributed by atoms with Crippen LogP contribution in [0.1, 0.15) is 25.6 Å². The number of aromatic amines is 1. The molecular weight excluding hydrogens is 168 g/mol. The second-order valence-corrected chi connectivity index (χ2v) is 2.66. The molecule has 1 atom stereocenters. The van der Waals surface area contributed by atoms with Crippen molar-refractivity contribution in [2.24, 2.45) is 0 Å². The van der Waals surface area contributed by atoms with Gasteiger partial charge in [0.1, 0.15) is 5.69 Å². The van der Waals surface area contributed by atoms with Crippen molar-refractivity contribution >= 4 is 0 Å². The van der Waals surface area contributed by atoms with Crippen molar-refractivity contribution < 1.29 is 4.74 Å². The molecule has 0 fully saturated rings. The van der Waals surface area contributed by atoms with Crippen molar-refractivity contribution in [3.63, 3.8) is 0 Å². The van der Waals surface area contributed by atoms with Crippen LogP contribution < -0.4 is 5.32 Å². The molecule has 0 aromatic carbocycles. The SMILES string of the molecule is CCNC(COCC)c1cn[nH]n1. The van der Waals surface area contributed by atoms with Gasteiger partial charge in [-0.2, -0.15) is 15.4 Å². The average Bonchev–Trinajstić information content (AvgIpc) is 2.65. The van der Waals surface area contributed by atoms with Crippen molar-refractivity contribution in [1.29, 1.82) is 0 Å². The normalized spacial score (nSPS) is 13.1. The summed E-state index contributed by atoms with van der Waals surface area (Å²) < 4.78 is 5.33. The van der Waals surface area contributed by atoms with E-state index in [4.69, 9.17) is 4.74 Å². The molecule has 0 spiro atoms. The standard InChI is InChI=1S/C8H16N4O/c1-3-9-8(6-13-4-2)7-5-10-12-11-7/h5,8-9H,3-4,6H2,1-2H3,(H,10,11,12). The monoisotopic (exact) mass is 184 g/mol. The Morgan fingerprint density at radius 2 is 2.46 bits per heavy atom. The van der Waals surface area contributed by atoms with Gasteiger partial charge in [-0.05, 0) is 13.5 Å². The van der Waals surface area contributed by atoms with Crippen LogP contribution in [0.5, 0.6) is 0 Å². The third kappa shape index (κ3) is 3.12. The van der Waals surface area contributed by atoms with E-state index in [1.54, 1.807) is 6.20 Å². The smallest absolute Gasteiger partial charge is 0.102 e. The highest BCUT2D eigenvalue weighted by atomic mass is 16.5. The molecular formula is C8H16N4O. The summed E-state index contributed by atoms with van der Waals surface area (Å²) in [6.45, 7) is 6.28. The number of H-pyrrole nitrogens is 1. The summed E-state index contributed by atoms with van der Waals surface area (Å²) in [5, 5.41) is 13.6. The lowest BCUT2D eigenvalue weighted by Gasteiger charge is -2.14. The highest BCUT2D eigenvalue weighted by Gasteiger charge is 2.12. The number of ether oxygens (including phenoxy) is 1. The van der Waals surface area contributed by atoms with E-state index in [0.717, 1.165) is 18.8 Å². The second-order valence-electron chi connectivity index (χ2n) is 2.66. The predicted molar refractivity (Wildman–Crippen MR) is 49.3 cm³/mol. The molecule has 0 aliphatic carbocycles. The first-order valence-electron chi connectivity index (χ1n) is 4.55. The molecule has 5 heteroatoms. The van der Waals surface area contributed by atoms with E-state index in [0.29, 0.717) is 6.61 Å². The fourth-order valence-electron chi connectivity index (χ4n) is 1.11. The third-order valence-electron chi connectivity index (χ3n) is 1.73. The van der Waals surface area contributed by atoms with E-state index < -0.39 is 0 Å². The van der Waals surface area contributed by atoms with Crippen LogP contribution in [0, 0.1) is 0 Å². The van der Waals surface area contributed by atoms with E-state index >= 15 is 0 Å². The Bertz CT molecular complexity index is 212. The first kappa shape index (κ1) is 10.1. The zero-order valence-corrected chi connectivity index (χ0v) is 8.08. The van der Waals surface area contributed by atoms with Crippen molar-refractivity contribution in [2.75, 3.05) is 19.8 Å². The number of aromatic nitrogens is 3. The van der Waals surface area contributed by atoms with Crippen LogP contribution in [0.2, 0.25) is 0 Å². The molecule has 74 valence electrons. The van der Waals surface area contributed by atoms with Crippen LogP contribution in [-0.2, 0) is 4.74 Å². The van der Waals surface area contributed by atoms with Crippen molar-refractivity contribution in [1.82, 2.24) is 20.7 Å². The van der Waals surface area contributed by atoms with Crippen molar-refractivity contribution in [3.8, 4) is 0 Å². The van der Waals surface area contributed by atoms with Gasteiger partial charge in [0.25, 0.3) is 0 Å². The summed E-state index contributed by atoms with van der Waals surface area (Å²) in [6, 6.07) is 0.142. The predicted octanol–water partition coefficient (Wildman–Crippen LogP) is 0.492. The first-order valence-corrected chi connectivity index (χ1v) is 4.55. The van der Waals surface area contributed by atoms with E-state index in [9.17, 15) is 0 Å². The number of hydrogen-bond donors (Lipinski definition) is 2. The summed E-state index contributed by atoms with van der Waals surface area (Å²) in [5.74, 6) is 0. The summed E-state index contributed by atoms with van der Waals surface area (Å²) in [7, 11) is 0. The van der Waals surface area contributed by atoms with Crippen molar-refractivity contribution in [3.05, 3.63) is 11.9 Å². The van der Waals surface area contributed by atoms with Crippen molar-refractivity contribution in [2.45, 2.75) is 19.9 Å². The molecule has 0 aliphatic heterocycles. The molecule has 0 saturated heterocycles. The van der Waals surface area contributed by atoms with Crippen LogP contribution in [-0.4, -0.2) is 35.2 Å². The van der Waals surface area contributed by atoms with Crippen LogP contribution >= 0.6 is 0 Å². The van der Waals surface area contributed by atoms with Crippen LogP contribution in [0.15, 0.2) is 6.20 Å². The molecule has 0 amide bonds. The molecule has 5 nitrogen and oxygen atoms in total. The summed E-state index contributed by atoms with van der Waals surface area (Å²) >= 11 is 0. The van der Waals surface area contributed by atoms with Crippen LogP contribution in [0.4, 0.5) is 0 Å². The molecule has 1 aromatic rings. The maximum atomic E-state index is 5.33. The van der Waals surface area contributed by atoms with Gasteiger partial charge in [0.2, 0.25) is 0 Å². The van der Waals surface area contributed by atoms with E-state index in [-0.39, 0.29) is 6.04 Å². The van der Waals surface area contributed by atoms with Gasteiger partial charge in [-0.25, -0.2) is 0 Å². The zero-order chi connectivity index (χ0) is 9.52. The Hall–Kier alpha value is -0.940. The quantitative estimate of drug-likeness (QED) is 0.675. The van der Waals surface area contributed by atoms with Gasteiger partial charge >= 0.3 is 0 Å². The highest BCUT2D eigenvalue weighted by molar-refractivity contribution is 4.99. The largest absolute Gasteiger partial charge is 0.380 e. The third-order valence-corrected chi connectivity index (χ3v) is 1.73. The van der Waals surface area contributed by atoms with Gasteiger partial charge in [0.05, 0.1) is 18.8 Å². The summed E-state index contributed by atoms with van der Waals surface area (Å²) in [6.07, 6.45) is 1.71. The van der Waals surface area contributed by atoms with E-state index in [1.807, 2.05) is 6.92 Å². The molecule has 1 heterocycles. The number of rotatable bonds is 6. The molecule has 1 rings (SSSR count). The minimum absolute atomic E-state index is 0.142. The minimum atomic E-state index is 0.142. The fraction of sp³-hybridized carbons (Fsp3) is 0.750. The maximum absolute atomic E-state index is 5.33. The number of likely N-dealkylation sites (N-methyl/N-ethyl adjacent to an activating group) is 1. The highest BCUT2D eigenvalue weighted by Crippen LogP contribution is 2.07. The van der Waals surface area contributed by atoms with E-state index in [2.05, 4.69) is 27.7 Å². The van der Waals surface area contributed by atoms with Gasteiger partial charge < -0.3 is 10.1 Å². The molecule has 1 unspecified atom stereocenters. The van der Waals surface area contributed by atoms with Gasteiger partial charge in [0, 0.05) is 6.61 Å².